The Morgan fingerprint density at radius 1 is 1.27 bits per heavy atom. The highest BCUT2D eigenvalue weighted by Crippen LogP contribution is 2.35. The largest absolute Gasteiger partial charge is 0.497 e. The minimum absolute atomic E-state index is 0.0998. The first kappa shape index (κ1) is 16.8. The summed E-state index contributed by atoms with van der Waals surface area (Å²) in [6, 6.07) is 7.82. The van der Waals surface area contributed by atoms with E-state index < -0.39 is 5.41 Å². The molecular formula is C17H26N2O3. The highest BCUT2D eigenvalue weighted by atomic mass is 16.5. The number of likely N-dealkylation sites (N-methyl/N-ethyl adjacent to an activating group) is 1. The molecule has 0 saturated carbocycles. The van der Waals surface area contributed by atoms with Crippen LogP contribution >= 0.6 is 0 Å². The Bertz CT molecular complexity index is 479. The van der Waals surface area contributed by atoms with Gasteiger partial charge in [-0.15, -0.1) is 0 Å². The van der Waals surface area contributed by atoms with Gasteiger partial charge in [-0.25, -0.2) is 0 Å². The second-order valence-electron chi connectivity index (χ2n) is 5.98. The van der Waals surface area contributed by atoms with E-state index in [1.54, 1.807) is 7.11 Å². The molecule has 0 radical (unpaired) electrons. The van der Waals surface area contributed by atoms with Gasteiger partial charge in [-0.05, 0) is 44.6 Å². The van der Waals surface area contributed by atoms with Gasteiger partial charge in [0.05, 0.1) is 12.5 Å². The lowest BCUT2D eigenvalue weighted by atomic mass is 9.73. The number of amides is 1. The smallest absolute Gasteiger partial charge is 0.230 e. The van der Waals surface area contributed by atoms with Gasteiger partial charge in [0.15, 0.2) is 0 Å². The number of hydrogen-bond donors (Lipinski definition) is 1. The summed E-state index contributed by atoms with van der Waals surface area (Å²) < 4.78 is 10.7. The van der Waals surface area contributed by atoms with Crippen molar-refractivity contribution in [1.29, 1.82) is 0 Å². The van der Waals surface area contributed by atoms with Gasteiger partial charge < -0.3 is 19.7 Å². The van der Waals surface area contributed by atoms with Gasteiger partial charge in [-0.2, -0.15) is 0 Å². The first-order valence-corrected chi connectivity index (χ1v) is 7.74. The van der Waals surface area contributed by atoms with E-state index in [9.17, 15) is 4.79 Å². The lowest BCUT2D eigenvalue weighted by Gasteiger charge is -2.36. The number of methoxy groups -OCH3 is 1. The van der Waals surface area contributed by atoms with Gasteiger partial charge in [0.25, 0.3) is 0 Å². The summed E-state index contributed by atoms with van der Waals surface area (Å²) in [5.41, 5.74) is 0.551. The summed E-state index contributed by atoms with van der Waals surface area (Å²) in [7, 11) is 5.65. The van der Waals surface area contributed by atoms with Gasteiger partial charge in [0.2, 0.25) is 5.91 Å². The Morgan fingerprint density at radius 3 is 2.45 bits per heavy atom. The summed E-state index contributed by atoms with van der Waals surface area (Å²) >= 11 is 0. The first-order valence-electron chi connectivity index (χ1n) is 7.74. The standard InChI is InChI=1S/C17H26N2O3/c1-19(2)11-10-18-16(20)17(8-12-22-13-9-17)14-4-6-15(21-3)7-5-14/h4-7H,8-13H2,1-3H3,(H,18,20). The number of nitrogens with one attached hydrogen (secondary N) is 1. The molecule has 1 aliphatic rings. The van der Waals surface area contributed by atoms with Gasteiger partial charge in [-0.3, -0.25) is 4.79 Å². The van der Waals surface area contributed by atoms with Crippen LogP contribution in [0.1, 0.15) is 18.4 Å². The Balaban J connectivity index is 2.17. The van der Waals surface area contributed by atoms with Crippen molar-refractivity contribution in [3.05, 3.63) is 29.8 Å². The maximum atomic E-state index is 12.8. The summed E-state index contributed by atoms with van der Waals surface area (Å²) in [5.74, 6) is 0.904. The van der Waals surface area contributed by atoms with Gasteiger partial charge in [-0.1, -0.05) is 12.1 Å². The van der Waals surface area contributed by atoms with Crippen LogP contribution < -0.4 is 10.1 Å². The third-order valence-corrected chi connectivity index (χ3v) is 4.27. The maximum absolute atomic E-state index is 12.8. The van der Waals surface area contributed by atoms with E-state index in [0.29, 0.717) is 32.6 Å². The number of ether oxygens (including phenoxy) is 2. The highest BCUT2D eigenvalue weighted by molar-refractivity contribution is 5.88. The van der Waals surface area contributed by atoms with Gasteiger partial charge in [0.1, 0.15) is 5.75 Å². The molecule has 122 valence electrons. The van der Waals surface area contributed by atoms with Crippen molar-refractivity contribution >= 4 is 5.91 Å². The molecular weight excluding hydrogens is 280 g/mol. The van der Waals surface area contributed by atoms with Crippen LogP contribution in [0.5, 0.6) is 5.75 Å². The van der Waals surface area contributed by atoms with Gasteiger partial charge >= 0.3 is 0 Å². The Kier molecular flexibility index (Phi) is 5.80. The van der Waals surface area contributed by atoms with E-state index in [2.05, 4.69) is 10.2 Å². The van der Waals surface area contributed by atoms with E-state index in [1.165, 1.54) is 0 Å². The summed E-state index contributed by atoms with van der Waals surface area (Å²) in [5, 5.41) is 3.08. The molecule has 1 aromatic carbocycles. The molecule has 1 aliphatic heterocycles. The molecule has 5 heteroatoms. The van der Waals surface area contributed by atoms with Crippen molar-refractivity contribution in [2.24, 2.45) is 0 Å². The second kappa shape index (κ2) is 7.61. The molecule has 0 spiro atoms. The quantitative estimate of drug-likeness (QED) is 0.863. The number of hydrogen-bond acceptors (Lipinski definition) is 4. The van der Waals surface area contributed by atoms with E-state index in [4.69, 9.17) is 9.47 Å². The van der Waals surface area contributed by atoms with Crippen LogP contribution in [0.15, 0.2) is 24.3 Å². The fourth-order valence-corrected chi connectivity index (χ4v) is 2.84. The molecule has 5 nitrogen and oxygen atoms in total. The normalized spacial score (nSPS) is 17.3. The minimum atomic E-state index is -0.489. The van der Waals surface area contributed by atoms with Crippen molar-refractivity contribution in [1.82, 2.24) is 10.2 Å². The fourth-order valence-electron chi connectivity index (χ4n) is 2.84. The molecule has 1 amide bonds. The topological polar surface area (TPSA) is 50.8 Å². The van der Waals surface area contributed by atoms with Crippen LogP contribution in [0.2, 0.25) is 0 Å². The molecule has 0 bridgehead atoms. The van der Waals surface area contributed by atoms with E-state index in [0.717, 1.165) is 17.9 Å². The van der Waals surface area contributed by atoms with Crippen LogP contribution in [0.25, 0.3) is 0 Å². The number of carbonyl (C=O) groups is 1. The fraction of sp³-hybridized carbons (Fsp3) is 0.588. The molecule has 22 heavy (non-hydrogen) atoms. The van der Waals surface area contributed by atoms with Crippen LogP contribution in [0, 0.1) is 0 Å². The van der Waals surface area contributed by atoms with Crippen molar-refractivity contribution in [3.63, 3.8) is 0 Å². The molecule has 1 aromatic rings. The predicted octanol–water partition coefficient (Wildman–Crippen LogP) is 1.42. The zero-order chi connectivity index (χ0) is 16.0. The lowest BCUT2D eigenvalue weighted by molar-refractivity contribution is -0.130. The third-order valence-electron chi connectivity index (χ3n) is 4.27. The van der Waals surface area contributed by atoms with Gasteiger partial charge in [0, 0.05) is 26.3 Å². The first-order chi connectivity index (χ1) is 10.6. The van der Waals surface area contributed by atoms with Crippen LogP contribution in [-0.4, -0.2) is 58.3 Å². The second-order valence-corrected chi connectivity index (χ2v) is 5.98. The monoisotopic (exact) mass is 306 g/mol. The summed E-state index contributed by atoms with van der Waals surface area (Å²) in [4.78, 5) is 14.9. The van der Waals surface area contributed by atoms with Crippen molar-refractivity contribution in [3.8, 4) is 5.75 Å². The molecule has 0 unspecified atom stereocenters. The number of benzene rings is 1. The Morgan fingerprint density at radius 2 is 1.91 bits per heavy atom. The Labute approximate surface area is 132 Å². The highest BCUT2D eigenvalue weighted by Gasteiger charge is 2.41. The molecule has 1 heterocycles. The van der Waals surface area contributed by atoms with Crippen molar-refractivity contribution in [2.75, 3.05) is 47.5 Å². The summed E-state index contributed by atoms with van der Waals surface area (Å²) in [6.07, 6.45) is 1.43. The van der Waals surface area contributed by atoms with Crippen LogP contribution in [0.4, 0.5) is 0 Å². The molecule has 0 atom stereocenters. The average molecular weight is 306 g/mol. The number of nitrogens with zero attached hydrogens (tertiary/aromatic N) is 1. The zero-order valence-corrected chi connectivity index (χ0v) is 13.7. The predicted molar refractivity (Wildman–Crippen MR) is 86.3 cm³/mol. The van der Waals surface area contributed by atoms with Crippen LogP contribution in [-0.2, 0) is 14.9 Å². The molecule has 0 aromatic heterocycles. The van der Waals surface area contributed by atoms with Crippen molar-refractivity contribution < 1.29 is 14.3 Å². The third kappa shape index (κ3) is 3.78. The van der Waals surface area contributed by atoms with E-state index in [-0.39, 0.29) is 5.91 Å². The number of carbonyl (C=O) groups excluding carboxylic acids is 1. The number of rotatable bonds is 6. The Hall–Kier alpha value is -1.59. The molecule has 0 aliphatic carbocycles. The maximum Gasteiger partial charge on any atom is 0.230 e. The summed E-state index contributed by atoms with van der Waals surface area (Å²) in [6.45, 7) is 2.73. The minimum Gasteiger partial charge on any atom is -0.497 e. The SMILES string of the molecule is COc1ccc(C2(C(=O)NCCN(C)C)CCOCC2)cc1. The average Bonchev–Trinajstić information content (AvgIpc) is 2.55. The molecule has 1 N–H and O–H groups in total. The molecule has 1 fully saturated rings. The lowest BCUT2D eigenvalue weighted by Crippen LogP contribution is -2.49. The molecule has 2 rings (SSSR count). The van der Waals surface area contributed by atoms with E-state index >= 15 is 0 Å². The van der Waals surface area contributed by atoms with Crippen LogP contribution in [0.3, 0.4) is 0 Å². The van der Waals surface area contributed by atoms with Crippen molar-refractivity contribution in [2.45, 2.75) is 18.3 Å². The van der Waals surface area contributed by atoms with E-state index in [1.807, 2.05) is 38.4 Å². The zero-order valence-electron chi connectivity index (χ0n) is 13.7. The molecule has 1 saturated heterocycles.